The number of rotatable bonds is 8. The van der Waals surface area contributed by atoms with Gasteiger partial charge in [0, 0.05) is 22.9 Å². The minimum absolute atomic E-state index is 0.00956. The van der Waals surface area contributed by atoms with Gasteiger partial charge >= 0.3 is 0 Å². The molecule has 140 valence electrons. The molecule has 1 fully saturated rings. The second-order valence-corrected chi connectivity index (χ2v) is 8.32. The molecule has 1 aliphatic carbocycles. The summed E-state index contributed by atoms with van der Waals surface area (Å²) in [6, 6.07) is 14.1. The highest BCUT2D eigenvalue weighted by molar-refractivity contribution is 7.99. The minimum Gasteiger partial charge on any atom is -0.480 e. The summed E-state index contributed by atoms with van der Waals surface area (Å²) in [6.45, 7) is 2.71. The summed E-state index contributed by atoms with van der Waals surface area (Å²) in [7, 11) is 0. The molecule has 1 atom stereocenters. The highest BCUT2D eigenvalue weighted by Crippen LogP contribution is 2.28. The normalized spacial score (nSPS) is 16.3. The average Bonchev–Trinajstić information content (AvgIpc) is 2.70. The molecule has 0 spiro atoms. The minimum atomic E-state index is -0.444. The van der Waals surface area contributed by atoms with Crippen LogP contribution >= 0.6 is 11.8 Å². The number of carbonyl (C=O) groups is 1. The fourth-order valence-electron chi connectivity index (χ4n) is 3.52. The Morgan fingerprint density at radius 2 is 1.92 bits per heavy atom. The topological polar surface area (TPSA) is 38.3 Å². The fourth-order valence-corrected chi connectivity index (χ4v) is 4.74. The lowest BCUT2D eigenvalue weighted by Gasteiger charge is -2.21. The number of nitrogens with one attached hydrogen (secondary N) is 1. The maximum absolute atomic E-state index is 12.5. The van der Waals surface area contributed by atoms with E-state index in [1.807, 2.05) is 49.0 Å². The van der Waals surface area contributed by atoms with Gasteiger partial charge in [-0.05, 0) is 30.7 Å². The van der Waals surface area contributed by atoms with Crippen molar-refractivity contribution in [1.29, 1.82) is 0 Å². The molecule has 1 aliphatic rings. The van der Waals surface area contributed by atoms with Crippen LogP contribution in [0.4, 0.5) is 0 Å². The van der Waals surface area contributed by atoms with Crippen LogP contribution in [0.25, 0.3) is 10.8 Å². The molecule has 0 heterocycles. The number of hydrogen-bond acceptors (Lipinski definition) is 3. The van der Waals surface area contributed by atoms with Gasteiger partial charge in [0.05, 0.1) is 0 Å². The van der Waals surface area contributed by atoms with Crippen molar-refractivity contribution in [2.24, 2.45) is 0 Å². The molecule has 2 aromatic rings. The molecule has 1 unspecified atom stereocenters. The number of fused-ring (bicyclic) bond motifs is 1. The van der Waals surface area contributed by atoms with Crippen LogP contribution < -0.4 is 10.1 Å². The van der Waals surface area contributed by atoms with Crippen LogP contribution in [0.2, 0.25) is 0 Å². The van der Waals surface area contributed by atoms with E-state index >= 15 is 0 Å². The number of carbonyl (C=O) groups excluding carboxylic acids is 1. The first-order chi connectivity index (χ1) is 12.8. The molecule has 0 aromatic heterocycles. The molecule has 3 nitrogen and oxygen atoms in total. The van der Waals surface area contributed by atoms with Gasteiger partial charge in [-0.1, -0.05) is 62.6 Å². The predicted molar refractivity (Wildman–Crippen MR) is 111 cm³/mol. The molecule has 4 heteroatoms. The zero-order valence-corrected chi connectivity index (χ0v) is 16.4. The van der Waals surface area contributed by atoms with E-state index in [-0.39, 0.29) is 5.91 Å². The first kappa shape index (κ1) is 19.1. The smallest absolute Gasteiger partial charge is 0.261 e. The summed E-state index contributed by atoms with van der Waals surface area (Å²) >= 11 is 2.01. The van der Waals surface area contributed by atoms with Gasteiger partial charge in [-0.2, -0.15) is 11.8 Å². The molecular weight excluding hydrogens is 342 g/mol. The molecular formula is C22H29NO2S. The highest BCUT2D eigenvalue weighted by atomic mass is 32.2. The third kappa shape index (κ3) is 5.16. The van der Waals surface area contributed by atoms with E-state index in [1.54, 1.807) is 0 Å². The Balaban J connectivity index is 1.50. The molecule has 3 rings (SSSR count). The van der Waals surface area contributed by atoms with Gasteiger partial charge in [0.25, 0.3) is 5.91 Å². The molecule has 0 aliphatic heterocycles. The third-order valence-electron chi connectivity index (χ3n) is 4.99. The van der Waals surface area contributed by atoms with Crippen molar-refractivity contribution in [1.82, 2.24) is 5.32 Å². The Hall–Kier alpha value is -1.68. The largest absolute Gasteiger partial charge is 0.480 e. The first-order valence-corrected chi connectivity index (χ1v) is 10.9. The van der Waals surface area contributed by atoms with Crippen LogP contribution in [0.5, 0.6) is 5.75 Å². The Morgan fingerprint density at radius 1 is 1.15 bits per heavy atom. The number of ether oxygens (including phenoxy) is 1. The van der Waals surface area contributed by atoms with Crippen LogP contribution in [0, 0.1) is 0 Å². The van der Waals surface area contributed by atoms with Gasteiger partial charge in [0.1, 0.15) is 5.75 Å². The second kappa shape index (κ2) is 9.86. The van der Waals surface area contributed by atoms with E-state index in [4.69, 9.17) is 4.74 Å². The fraction of sp³-hybridized carbons (Fsp3) is 0.500. The maximum atomic E-state index is 12.5. The zero-order valence-electron chi connectivity index (χ0n) is 15.6. The Bertz CT molecular complexity index is 707. The quantitative estimate of drug-likeness (QED) is 0.650. The Morgan fingerprint density at radius 3 is 2.73 bits per heavy atom. The number of benzene rings is 2. The highest BCUT2D eigenvalue weighted by Gasteiger charge is 2.19. The molecule has 1 saturated carbocycles. The lowest BCUT2D eigenvalue weighted by Crippen LogP contribution is -2.39. The Labute approximate surface area is 160 Å². The predicted octanol–water partition coefficient (Wildman–Crippen LogP) is 5.18. The van der Waals surface area contributed by atoms with E-state index in [2.05, 4.69) is 17.4 Å². The number of amides is 1. The average molecular weight is 372 g/mol. The zero-order chi connectivity index (χ0) is 18.2. The van der Waals surface area contributed by atoms with Crippen molar-refractivity contribution in [3.8, 4) is 5.75 Å². The number of hydrogen-bond donors (Lipinski definition) is 1. The van der Waals surface area contributed by atoms with Gasteiger partial charge in [0.2, 0.25) is 0 Å². The molecule has 1 N–H and O–H groups in total. The van der Waals surface area contributed by atoms with Crippen LogP contribution in [-0.4, -0.2) is 29.6 Å². The summed E-state index contributed by atoms with van der Waals surface area (Å²) in [5.74, 6) is 1.76. The van der Waals surface area contributed by atoms with Crippen molar-refractivity contribution in [3.05, 3.63) is 42.5 Å². The van der Waals surface area contributed by atoms with E-state index < -0.39 is 6.10 Å². The summed E-state index contributed by atoms with van der Waals surface area (Å²) in [5.41, 5.74) is 0. The van der Waals surface area contributed by atoms with E-state index in [0.29, 0.717) is 6.42 Å². The first-order valence-electron chi connectivity index (χ1n) is 9.81. The maximum Gasteiger partial charge on any atom is 0.261 e. The lowest BCUT2D eigenvalue weighted by atomic mass is 10.0. The van der Waals surface area contributed by atoms with Crippen molar-refractivity contribution in [3.63, 3.8) is 0 Å². The molecule has 26 heavy (non-hydrogen) atoms. The summed E-state index contributed by atoms with van der Waals surface area (Å²) in [5, 5.41) is 6.02. The third-order valence-corrected chi connectivity index (χ3v) is 6.37. The number of thioether (sulfide) groups is 1. The standard InChI is InChI=1S/C22H29NO2S/c1-2-20(22(24)23-15-16-26-18-11-4-3-5-12-18)25-21-14-8-10-17-9-6-7-13-19(17)21/h6-10,13-14,18,20H,2-5,11-12,15-16H2,1H3,(H,23,24). The van der Waals surface area contributed by atoms with E-state index in [0.717, 1.165) is 34.1 Å². The summed E-state index contributed by atoms with van der Waals surface area (Å²) in [4.78, 5) is 12.5. The molecule has 1 amide bonds. The van der Waals surface area contributed by atoms with Crippen molar-refractivity contribution in [2.45, 2.75) is 56.8 Å². The Kier molecular flexibility index (Phi) is 7.24. The second-order valence-electron chi connectivity index (χ2n) is 6.91. The monoisotopic (exact) mass is 371 g/mol. The van der Waals surface area contributed by atoms with Gasteiger partial charge in [-0.3, -0.25) is 4.79 Å². The van der Waals surface area contributed by atoms with Gasteiger partial charge in [0.15, 0.2) is 6.10 Å². The van der Waals surface area contributed by atoms with Crippen LogP contribution in [0.1, 0.15) is 45.4 Å². The van der Waals surface area contributed by atoms with Crippen LogP contribution in [0.3, 0.4) is 0 Å². The summed E-state index contributed by atoms with van der Waals surface area (Å²) < 4.78 is 6.07. The lowest BCUT2D eigenvalue weighted by molar-refractivity contribution is -0.127. The van der Waals surface area contributed by atoms with Gasteiger partial charge in [-0.15, -0.1) is 0 Å². The molecule has 0 bridgehead atoms. The molecule has 0 saturated heterocycles. The molecule has 0 radical (unpaired) electrons. The van der Waals surface area contributed by atoms with Crippen LogP contribution in [-0.2, 0) is 4.79 Å². The van der Waals surface area contributed by atoms with Gasteiger partial charge in [-0.25, -0.2) is 0 Å². The van der Waals surface area contributed by atoms with Crippen molar-refractivity contribution >= 4 is 28.4 Å². The van der Waals surface area contributed by atoms with Crippen molar-refractivity contribution in [2.75, 3.05) is 12.3 Å². The van der Waals surface area contributed by atoms with Crippen molar-refractivity contribution < 1.29 is 9.53 Å². The van der Waals surface area contributed by atoms with Gasteiger partial charge < -0.3 is 10.1 Å². The SMILES string of the molecule is CCC(Oc1cccc2ccccc12)C(=O)NCCSC1CCCCC1. The van der Waals surface area contributed by atoms with Crippen LogP contribution in [0.15, 0.2) is 42.5 Å². The summed E-state index contributed by atoms with van der Waals surface area (Å²) in [6.07, 6.45) is 6.99. The van der Waals surface area contributed by atoms with E-state index in [1.165, 1.54) is 32.1 Å². The van der Waals surface area contributed by atoms with E-state index in [9.17, 15) is 4.79 Å². The molecule has 2 aromatic carbocycles.